The number of hydrogen-bond donors (Lipinski definition) is 2. The zero-order valence-electron chi connectivity index (χ0n) is 11.0. The Morgan fingerprint density at radius 2 is 2.33 bits per heavy atom. The molecule has 0 spiro atoms. The molecule has 1 aromatic rings. The van der Waals surface area contributed by atoms with Gasteiger partial charge < -0.3 is 15.4 Å². The Labute approximate surface area is 108 Å². The molecule has 0 bridgehead atoms. The Morgan fingerprint density at radius 3 is 2.94 bits per heavy atom. The minimum Gasteiger partial charge on any atom is -0.497 e. The monoisotopic (exact) mass is 248 g/mol. The minimum atomic E-state index is 0.0836. The van der Waals surface area contributed by atoms with Crippen LogP contribution < -0.4 is 15.4 Å². The lowest BCUT2D eigenvalue weighted by atomic mass is 9.98. The van der Waals surface area contributed by atoms with Crippen molar-refractivity contribution in [2.24, 2.45) is 5.92 Å². The second kappa shape index (κ2) is 5.87. The van der Waals surface area contributed by atoms with Crippen LogP contribution in [0, 0.1) is 12.8 Å². The Bertz CT molecular complexity index is 426. The maximum atomic E-state index is 12.1. The molecule has 4 heteroatoms. The summed E-state index contributed by atoms with van der Waals surface area (Å²) < 4.78 is 5.15. The Hall–Kier alpha value is -1.55. The molecular weight excluding hydrogens is 228 g/mol. The van der Waals surface area contributed by atoms with Crippen LogP contribution in [-0.4, -0.2) is 26.1 Å². The van der Waals surface area contributed by atoms with E-state index in [4.69, 9.17) is 4.74 Å². The molecule has 1 heterocycles. The van der Waals surface area contributed by atoms with E-state index in [0.29, 0.717) is 0 Å². The normalized spacial score (nSPS) is 19.3. The summed E-state index contributed by atoms with van der Waals surface area (Å²) in [7, 11) is 1.64. The molecule has 0 aromatic heterocycles. The SMILES string of the molecule is COc1ccc(NC(=O)[C@H]2CCCNC2)c(C)c1. The Kier molecular flexibility index (Phi) is 4.20. The van der Waals surface area contributed by atoms with Crippen LogP contribution in [0.25, 0.3) is 0 Å². The van der Waals surface area contributed by atoms with Crippen molar-refractivity contribution < 1.29 is 9.53 Å². The molecule has 0 aliphatic carbocycles. The van der Waals surface area contributed by atoms with Crippen molar-refractivity contribution in [1.29, 1.82) is 0 Å². The van der Waals surface area contributed by atoms with Crippen LogP contribution in [0.4, 0.5) is 5.69 Å². The van der Waals surface area contributed by atoms with Gasteiger partial charge in [0.15, 0.2) is 0 Å². The van der Waals surface area contributed by atoms with Crippen LogP contribution in [0.15, 0.2) is 18.2 Å². The van der Waals surface area contributed by atoms with Crippen LogP contribution in [0.5, 0.6) is 5.75 Å². The van der Waals surface area contributed by atoms with Gasteiger partial charge in [0.05, 0.1) is 13.0 Å². The van der Waals surface area contributed by atoms with Crippen molar-refractivity contribution >= 4 is 11.6 Å². The summed E-state index contributed by atoms with van der Waals surface area (Å²) in [6.45, 7) is 3.77. The summed E-state index contributed by atoms with van der Waals surface area (Å²) >= 11 is 0. The van der Waals surface area contributed by atoms with Gasteiger partial charge in [-0.05, 0) is 50.1 Å². The van der Waals surface area contributed by atoms with Crippen LogP contribution in [-0.2, 0) is 4.79 Å². The smallest absolute Gasteiger partial charge is 0.228 e. The number of benzene rings is 1. The quantitative estimate of drug-likeness (QED) is 0.859. The minimum absolute atomic E-state index is 0.0836. The Balaban J connectivity index is 2.02. The summed E-state index contributed by atoms with van der Waals surface area (Å²) in [5.41, 5.74) is 1.89. The molecule has 0 radical (unpaired) electrons. The fourth-order valence-electron chi connectivity index (χ4n) is 2.21. The summed E-state index contributed by atoms with van der Waals surface area (Å²) in [6, 6.07) is 5.68. The highest BCUT2D eigenvalue weighted by atomic mass is 16.5. The lowest BCUT2D eigenvalue weighted by Gasteiger charge is -2.22. The van der Waals surface area contributed by atoms with E-state index < -0.39 is 0 Å². The predicted molar refractivity (Wildman–Crippen MR) is 72.0 cm³/mol. The molecule has 1 atom stereocenters. The largest absolute Gasteiger partial charge is 0.497 e. The predicted octanol–water partition coefficient (Wildman–Crippen LogP) is 1.94. The van der Waals surface area contributed by atoms with Gasteiger partial charge >= 0.3 is 0 Å². The average molecular weight is 248 g/mol. The highest BCUT2D eigenvalue weighted by Crippen LogP contribution is 2.22. The van der Waals surface area contributed by atoms with E-state index in [1.165, 1.54) is 0 Å². The van der Waals surface area contributed by atoms with Crippen molar-refractivity contribution in [3.05, 3.63) is 23.8 Å². The number of anilines is 1. The molecule has 1 aromatic carbocycles. The number of nitrogens with one attached hydrogen (secondary N) is 2. The summed E-state index contributed by atoms with van der Waals surface area (Å²) in [6.07, 6.45) is 2.04. The number of ether oxygens (including phenoxy) is 1. The molecule has 1 aliphatic rings. The first kappa shape index (κ1) is 12.9. The van der Waals surface area contributed by atoms with Gasteiger partial charge in [0.1, 0.15) is 5.75 Å². The molecule has 18 heavy (non-hydrogen) atoms. The second-order valence-corrected chi connectivity index (χ2v) is 4.71. The van der Waals surface area contributed by atoms with Gasteiger partial charge in [-0.2, -0.15) is 0 Å². The van der Waals surface area contributed by atoms with Crippen LogP contribution in [0.2, 0.25) is 0 Å². The van der Waals surface area contributed by atoms with Crippen molar-refractivity contribution in [3.63, 3.8) is 0 Å². The van der Waals surface area contributed by atoms with E-state index in [-0.39, 0.29) is 11.8 Å². The number of carbonyl (C=O) groups excluding carboxylic acids is 1. The summed E-state index contributed by atoms with van der Waals surface area (Å²) in [4.78, 5) is 12.1. The molecule has 4 nitrogen and oxygen atoms in total. The lowest BCUT2D eigenvalue weighted by molar-refractivity contribution is -0.120. The second-order valence-electron chi connectivity index (χ2n) is 4.71. The van der Waals surface area contributed by atoms with Crippen molar-refractivity contribution in [2.45, 2.75) is 19.8 Å². The third kappa shape index (κ3) is 3.01. The van der Waals surface area contributed by atoms with E-state index in [1.807, 2.05) is 25.1 Å². The topological polar surface area (TPSA) is 50.4 Å². The average Bonchev–Trinajstić information content (AvgIpc) is 2.42. The van der Waals surface area contributed by atoms with E-state index in [1.54, 1.807) is 7.11 Å². The van der Waals surface area contributed by atoms with Crippen molar-refractivity contribution in [2.75, 3.05) is 25.5 Å². The molecule has 0 unspecified atom stereocenters. The molecular formula is C14H20N2O2. The number of carbonyl (C=O) groups is 1. The van der Waals surface area contributed by atoms with Gasteiger partial charge in [-0.3, -0.25) is 4.79 Å². The highest BCUT2D eigenvalue weighted by molar-refractivity contribution is 5.93. The van der Waals surface area contributed by atoms with Gasteiger partial charge in [-0.25, -0.2) is 0 Å². The first-order chi connectivity index (χ1) is 8.70. The van der Waals surface area contributed by atoms with E-state index >= 15 is 0 Å². The molecule has 1 aliphatic heterocycles. The fraction of sp³-hybridized carbons (Fsp3) is 0.500. The third-order valence-electron chi connectivity index (χ3n) is 3.36. The van der Waals surface area contributed by atoms with Gasteiger partial charge in [0.2, 0.25) is 5.91 Å². The number of rotatable bonds is 3. The fourth-order valence-corrected chi connectivity index (χ4v) is 2.21. The van der Waals surface area contributed by atoms with Gasteiger partial charge in [-0.1, -0.05) is 0 Å². The molecule has 98 valence electrons. The Morgan fingerprint density at radius 1 is 1.50 bits per heavy atom. The maximum Gasteiger partial charge on any atom is 0.228 e. The summed E-state index contributed by atoms with van der Waals surface area (Å²) in [5, 5.41) is 6.25. The van der Waals surface area contributed by atoms with Gasteiger partial charge in [-0.15, -0.1) is 0 Å². The maximum absolute atomic E-state index is 12.1. The summed E-state index contributed by atoms with van der Waals surface area (Å²) in [5.74, 6) is 1.00. The number of methoxy groups -OCH3 is 1. The molecule has 0 saturated carbocycles. The van der Waals surface area contributed by atoms with E-state index in [2.05, 4.69) is 10.6 Å². The van der Waals surface area contributed by atoms with Crippen LogP contribution >= 0.6 is 0 Å². The lowest BCUT2D eigenvalue weighted by Crippen LogP contribution is -2.37. The number of aryl methyl sites for hydroxylation is 1. The number of amides is 1. The van der Waals surface area contributed by atoms with Crippen LogP contribution in [0.1, 0.15) is 18.4 Å². The van der Waals surface area contributed by atoms with Crippen LogP contribution in [0.3, 0.4) is 0 Å². The highest BCUT2D eigenvalue weighted by Gasteiger charge is 2.21. The van der Waals surface area contributed by atoms with E-state index in [0.717, 1.165) is 42.9 Å². The van der Waals surface area contributed by atoms with Gasteiger partial charge in [0.25, 0.3) is 0 Å². The third-order valence-corrected chi connectivity index (χ3v) is 3.36. The van der Waals surface area contributed by atoms with Crippen molar-refractivity contribution in [3.8, 4) is 5.75 Å². The first-order valence-corrected chi connectivity index (χ1v) is 6.37. The number of hydrogen-bond acceptors (Lipinski definition) is 3. The van der Waals surface area contributed by atoms with E-state index in [9.17, 15) is 4.79 Å². The molecule has 2 N–H and O–H groups in total. The molecule has 1 fully saturated rings. The molecule has 1 saturated heterocycles. The number of piperidine rings is 1. The van der Waals surface area contributed by atoms with Crippen molar-refractivity contribution in [1.82, 2.24) is 5.32 Å². The zero-order chi connectivity index (χ0) is 13.0. The first-order valence-electron chi connectivity index (χ1n) is 6.37. The molecule has 2 rings (SSSR count). The zero-order valence-corrected chi connectivity index (χ0v) is 11.0. The molecule has 1 amide bonds. The van der Waals surface area contributed by atoms with Gasteiger partial charge in [0, 0.05) is 12.2 Å². The standard InChI is InChI=1S/C14H20N2O2/c1-10-8-12(18-2)5-6-13(10)16-14(17)11-4-3-7-15-9-11/h5-6,8,11,15H,3-4,7,9H2,1-2H3,(H,16,17)/t11-/m0/s1.